The van der Waals surface area contributed by atoms with Crippen LogP contribution in [0.25, 0.3) is 10.2 Å². The van der Waals surface area contributed by atoms with Crippen molar-refractivity contribution in [1.29, 1.82) is 0 Å². The number of nitrogens with one attached hydrogen (secondary N) is 1. The number of aliphatic hydroxyl groups excluding tert-OH is 1. The van der Waals surface area contributed by atoms with Gasteiger partial charge in [-0.15, -0.1) is 22.7 Å². The molecule has 1 amide bonds. The van der Waals surface area contributed by atoms with Crippen molar-refractivity contribution in [1.82, 2.24) is 10.3 Å². The van der Waals surface area contributed by atoms with Gasteiger partial charge in [-0.25, -0.2) is 4.98 Å². The number of carbonyl (C=O) groups is 1. The number of rotatable bonds is 5. The van der Waals surface area contributed by atoms with Crippen LogP contribution in [0.1, 0.15) is 32.6 Å². The van der Waals surface area contributed by atoms with Gasteiger partial charge in [-0.05, 0) is 37.6 Å². The Morgan fingerprint density at radius 3 is 2.82 bits per heavy atom. The van der Waals surface area contributed by atoms with Crippen LogP contribution in [0, 0.1) is 0 Å². The molecular weight excluding hydrogens is 316 g/mol. The minimum atomic E-state index is -0.434. The maximum absolute atomic E-state index is 12.1. The molecule has 0 fully saturated rings. The Bertz CT molecular complexity index is 759. The van der Waals surface area contributed by atoms with Crippen LogP contribution in [0.4, 0.5) is 0 Å². The van der Waals surface area contributed by atoms with Crippen molar-refractivity contribution in [3.63, 3.8) is 0 Å². The van der Waals surface area contributed by atoms with Gasteiger partial charge >= 0.3 is 0 Å². The van der Waals surface area contributed by atoms with Gasteiger partial charge in [-0.2, -0.15) is 0 Å². The molecule has 0 aliphatic rings. The second-order valence-corrected chi connectivity index (χ2v) is 7.20. The topological polar surface area (TPSA) is 62.2 Å². The molecule has 0 radical (unpaired) electrons. The fraction of sp³-hybridized carbons (Fsp3) is 0.250. The second kappa shape index (κ2) is 6.56. The third kappa shape index (κ3) is 3.35. The van der Waals surface area contributed by atoms with Gasteiger partial charge in [0, 0.05) is 16.3 Å². The first-order valence-electron chi connectivity index (χ1n) is 7.04. The summed E-state index contributed by atoms with van der Waals surface area (Å²) in [5, 5.41) is 12.9. The highest BCUT2D eigenvalue weighted by Gasteiger charge is 2.12. The lowest BCUT2D eigenvalue weighted by atomic mass is 10.3. The lowest BCUT2D eigenvalue weighted by molar-refractivity contribution is 0.0954. The first-order valence-corrected chi connectivity index (χ1v) is 8.67. The number of para-hydroxylation sites is 1. The monoisotopic (exact) mass is 332 g/mol. The van der Waals surface area contributed by atoms with E-state index in [4.69, 9.17) is 0 Å². The fourth-order valence-electron chi connectivity index (χ4n) is 2.10. The van der Waals surface area contributed by atoms with Crippen molar-refractivity contribution < 1.29 is 9.90 Å². The minimum Gasteiger partial charge on any atom is -0.388 e. The Balaban J connectivity index is 1.57. The zero-order valence-corrected chi connectivity index (χ0v) is 13.7. The van der Waals surface area contributed by atoms with E-state index < -0.39 is 6.10 Å². The normalized spacial score (nSPS) is 12.5. The summed E-state index contributed by atoms with van der Waals surface area (Å²) in [6, 6.07) is 11.7. The lowest BCUT2D eigenvalue weighted by Crippen LogP contribution is -2.25. The van der Waals surface area contributed by atoms with Crippen LogP contribution >= 0.6 is 22.7 Å². The van der Waals surface area contributed by atoms with Crippen molar-refractivity contribution in [3.05, 3.63) is 51.2 Å². The van der Waals surface area contributed by atoms with Gasteiger partial charge in [0.25, 0.3) is 5.91 Å². The van der Waals surface area contributed by atoms with Gasteiger partial charge in [0.2, 0.25) is 0 Å². The molecule has 0 saturated carbocycles. The van der Waals surface area contributed by atoms with Gasteiger partial charge in [0.05, 0.1) is 16.3 Å². The summed E-state index contributed by atoms with van der Waals surface area (Å²) in [5.41, 5.74) is 0.859. The van der Waals surface area contributed by atoms with Crippen molar-refractivity contribution >= 4 is 38.8 Å². The standard InChI is InChI=1S/C16H16N2O2S2/c1-10(19)13-7-6-11(21-13)8-9-17-15(20)16-18-12-4-2-3-5-14(12)22-16/h2-7,10,19H,8-9H2,1H3,(H,17,20). The number of hydrogen-bond donors (Lipinski definition) is 2. The SMILES string of the molecule is CC(O)c1ccc(CCNC(=O)c2nc3ccccc3s2)s1. The van der Waals surface area contributed by atoms with Gasteiger partial charge in [-0.3, -0.25) is 4.79 Å². The number of aromatic nitrogens is 1. The predicted octanol–water partition coefficient (Wildman–Crippen LogP) is 3.38. The van der Waals surface area contributed by atoms with Crippen LogP contribution in [0.3, 0.4) is 0 Å². The van der Waals surface area contributed by atoms with E-state index in [1.54, 1.807) is 18.3 Å². The molecule has 0 saturated heterocycles. The number of fused-ring (bicyclic) bond motifs is 1. The molecule has 2 heterocycles. The molecule has 3 aromatic rings. The largest absolute Gasteiger partial charge is 0.388 e. The number of benzene rings is 1. The molecule has 0 aliphatic carbocycles. The summed E-state index contributed by atoms with van der Waals surface area (Å²) in [6.07, 6.45) is 0.324. The summed E-state index contributed by atoms with van der Waals surface area (Å²) in [6.45, 7) is 2.32. The van der Waals surface area contributed by atoms with Gasteiger partial charge in [0.15, 0.2) is 5.01 Å². The van der Waals surface area contributed by atoms with Crippen molar-refractivity contribution in [3.8, 4) is 0 Å². The molecule has 1 atom stereocenters. The average Bonchev–Trinajstić information content (AvgIpc) is 3.13. The van der Waals surface area contributed by atoms with Crippen LogP contribution in [0.2, 0.25) is 0 Å². The zero-order chi connectivity index (χ0) is 15.5. The smallest absolute Gasteiger partial charge is 0.280 e. The zero-order valence-electron chi connectivity index (χ0n) is 12.1. The first kappa shape index (κ1) is 15.1. The highest BCUT2D eigenvalue weighted by Crippen LogP contribution is 2.23. The Hall–Kier alpha value is -1.76. The number of aliphatic hydroxyl groups is 1. The van der Waals surface area contributed by atoms with Crippen LogP contribution in [-0.4, -0.2) is 22.5 Å². The van der Waals surface area contributed by atoms with Gasteiger partial charge < -0.3 is 10.4 Å². The molecule has 4 nitrogen and oxygen atoms in total. The predicted molar refractivity (Wildman–Crippen MR) is 90.6 cm³/mol. The molecule has 0 aliphatic heterocycles. The fourth-order valence-corrected chi connectivity index (χ4v) is 3.93. The number of thiazole rings is 1. The molecule has 1 aromatic carbocycles. The Morgan fingerprint density at radius 1 is 1.27 bits per heavy atom. The van der Waals surface area contributed by atoms with Crippen LogP contribution in [0.15, 0.2) is 36.4 Å². The number of amides is 1. The molecule has 2 N–H and O–H groups in total. The van der Waals surface area contributed by atoms with Gasteiger partial charge in [-0.1, -0.05) is 12.1 Å². The molecule has 2 aromatic heterocycles. The summed E-state index contributed by atoms with van der Waals surface area (Å²) < 4.78 is 1.02. The maximum Gasteiger partial charge on any atom is 0.280 e. The highest BCUT2D eigenvalue weighted by atomic mass is 32.1. The summed E-state index contributed by atoms with van der Waals surface area (Å²) in [4.78, 5) is 18.6. The summed E-state index contributed by atoms with van der Waals surface area (Å²) in [5.74, 6) is -0.131. The van der Waals surface area contributed by atoms with E-state index in [0.717, 1.165) is 26.4 Å². The molecule has 0 spiro atoms. The van der Waals surface area contributed by atoms with E-state index in [1.165, 1.54) is 11.3 Å². The second-order valence-electron chi connectivity index (χ2n) is 4.97. The molecule has 6 heteroatoms. The van der Waals surface area contributed by atoms with E-state index >= 15 is 0 Å². The third-order valence-corrected chi connectivity index (χ3v) is 5.59. The summed E-state index contributed by atoms with van der Waals surface area (Å²) in [7, 11) is 0. The molecule has 0 bridgehead atoms. The van der Waals surface area contributed by atoms with E-state index in [0.29, 0.717) is 11.6 Å². The van der Waals surface area contributed by atoms with Crippen LogP contribution in [0.5, 0.6) is 0 Å². The lowest BCUT2D eigenvalue weighted by Gasteiger charge is -2.01. The molecule has 3 rings (SSSR count). The van der Waals surface area contributed by atoms with Crippen LogP contribution < -0.4 is 5.32 Å². The maximum atomic E-state index is 12.1. The number of thiophene rings is 1. The van der Waals surface area contributed by atoms with Crippen molar-refractivity contribution in [2.45, 2.75) is 19.4 Å². The highest BCUT2D eigenvalue weighted by molar-refractivity contribution is 7.20. The quantitative estimate of drug-likeness (QED) is 0.753. The van der Waals surface area contributed by atoms with E-state index in [2.05, 4.69) is 10.3 Å². The first-order chi connectivity index (χ1) is 10.6. The van der Waals surface area contributed by atoms with Crippen molar-refractivity contribution in [2.75, 3.05) is 6.54 Å². The Morgan fingerprint density at radius 2 is 2.09 bits per heavy atom. The molecule has 1 unspecified atom stereocenters. The number of carbonyl (C=O) groups excluding carboxylic acids is 1. The molecule has 114 valence electrons. The Labute approximate surface area is 136 Å². The van der Waals surface area contributed by atoms with E-state index in [-0.39, 0.29) is 5.91 Å². The molecule has 22 heavy (non-hydrogen) atoms. The van der Waals surface area contributed by atoms with E-state index in [9.17, 15) is 9.90 Å². The Kier molecular flexibility index (Phi) is 4.52. The minimum absolute atomic E-state index is 0.131. The van der Waals surface area contributed by atoms with E-state index in [1.807, 2.05) is 36.4 Å². The molecular formula is C16H16N2O2S2. The van der Waals surface area contributed by atoms with Gasteiger partial charge in [0.1, 0.15) is 0 Å². The number of nitrogens with zero attached hydrogens (tertiary/aromatic N) is 1. The summed E-state index contributed by atoms with van der Waals surface area (Å²) >= 11 is 2.98. The number of hydrogen-bond acceptors (Lipinski definition) is 5. The third-order valence-electron chi connectivity index (χ3n) is 3.24. The average molecular weight is 332 g/mol. The van der Waals surface area contributed by atoms with Crippen molar-refractivity contribution in [2.24, 2.45) is 0 Å². The van der Waals surface area contributed by atoms with Crippen LogP contribution in [-0.2, 0) is 6.42 Å².